The molecule has 0 bridgehead atoms. The zero-order valence-corrected chi connectivity index (χ0v) is 18.8. The van der Waals surface area contributed by atoms with Crippen LogP contribution in [-0.2, 0) is 25.8 Å². The molecule has 33 heavy (non-hydrogen) atoms. The van der Waals surface area contributed by atoms with Crippen molar-refractivity contribution in [1.82, 2.24) is 15.2 Å². The maximum atomic E-state index is 12.9. The average Bonchev–Trinajstić information content (AvgIpc) is 3.21. The Balaban J connectivity index is 1.54. The second kappa shape index (κ2) is 9.07. The molecule has 2 atom stereocenters. The van der Waals surface area contributed by atoms with Crippen LogP contribution in [0.3, 0.4) is 0 Å². The number of pyridine rings is 1. The highest BCUT2D eigenvalue weighted by Crippen LogP contribution is 2.40. The number of aliphatic carboxylic acids is 1. The molecule has 1 fully saturated rings. The van der Waals surface area contributed by atoms with Gasteiger partial charge in [-0.15, -0.1) is 23.1 Å². The third-order valence-electron chi connectivity index (χ3n) is 4.91. The van der Waals surface area contributed by atoms with Gasteiger partial charge in [-0.3, -0.25) is 14.5 Å². The van der Waals surface area contributed by atoms with Gasteiger partial charge in [0.25, 0.3) is 11.8 Å². The van der Waals surface area contributed by atoms with Crippen LogP contribution in [0.4, 0.5) is 5.13 Å². The second-order valence-corrected chi connectivity index (χ2v) is 9.04. The number of hydrogen-bond donors (Lipinski definition) is 4. The molecule has 0 aliphatic carbocycles. The lowest BCUT2D eigenvalue weighted by molar-refractivity contribution is -0.689. The molecule has 0 spiro atoms. The van der Waals surface area contributed by atoms with Crippen LogP contribution < -0.4 is 15.6 Å². The van der Waals surface area contributed by atoms with Gasteiger partial charge in [0.15, 0.2) is 29.3 Å². The number of nitrogens with one attached hydrogen (secondary N) is 1. The Kier molecular flexibility index (Phi) is 6.20. The van der Waals surface area contributed by atoms with Crippen LogP contribution in [0.25, 0.3) is 0 Å². The molecule has 2 amide bonds. The minimum absolute atomic E-state index is 0.0366. The number of rotatable bonds is 7. The number of β-lactam (4-membered cyclic amide) rings is 1. The Morgan fingerprint density at radius 3 is 2.91 bits per heavy atom. The topological polar surface area (TPSA) is 171 Å². The van der Waals surface area contributed by atoms with Gasteiger partial charge >= 0.3 is 5.97 Å². The Morgan fingerprint density at radius 1 is 1.48 bits per heavy atom. The van der Waals surface area contributed by atoms with E-state index in [4.69, 9.17) is 10.6 Å². The summed E-state index contributed by atoms with van der Waals surface area (Å²) < 4.78 is 1.63. The van der Waals surface area contributed by atoms with Gasteiger partial charge < -0.3 is 26.1 Å². The Morgan fingerprint density at radius 2 is 2.27 bits per heavy atom. The predicted molar refractivity (Wildman–Crippen MR) is 118 cm³/mol. The maximum absolute atomic E-state index is 12.9. The lowest BCUT2D eigenvalue weighted by atomic mass is 10.0. The number of oxime groups is 1. The SMILES string of the molecule is CO/N=C(\C(=O)N[C@@H]1C(=O)N2C(C(=O)O)=C(C[n+]3cccc(O)c3)CS[C@H]12)c1csc(N)n1. The Hall–Kier alpha value is -3.65. The zero-order valence-electron chi connectivity index (χ0n) is 17.2. The van der Waals surface area contributed by atoms with Crippen molar-refractivity contribution in [2.75, 3.05) is 18.6 Å². The van der Waals surface area contributed by atoms with Crippen molar-refractivity contribution in [3.63, 3.8) is 0 Å². The molecule has 2 aromatic rings. The molecule has 2 aromatic heterocycles. The van der Waals surface area contributed by atoms with Crippen molar-refractivity contribution >= 4 is 51.7 Å². The molecule has 4 heterocycles. The minimum atomic E-state index is -1.24. The number of thiazole rings is 1. The summed E-state index contributed by atoms with van der Waals surface area (Å²) in [6, 6.07) is 2.19. The molecular formula is C19H19N6O6S2+. The van der Waals surface area contributed by atoms with Crippen LogP contribution in [0.5, 0.6) is 5.75 Å². The van der Waals surface area contributed by atoms with Crippen LogP contribution in [0.15, 0.2) is 46.3 Å². The molecule has 12 nitrogen and oxygen atoms in total. The number of aromatic hydroxyl groups is 1. The van der Waals surface area contributed by atoms with E-state index in [2.05, 4.69) is 15.5 Å². The van der Waals surface area contributed by atoms with E-state index in [0.717, 1.165) is 11.3 Å². The van der Waals surface area contributed by atoms with Crippen molar-refractivity contribution < 1.29 is 34.0 Å². The average molecular weight is 492 g/mol. The van der Waals surface area contributed by atoms with Crippen molar-refractivity contribution in [2.24, 2.45) is 5.16 Å². The summed E-state index contributed by atoms with van der Waals surface area (Å²) in [7, 11) is 1.27. The number of nitrogens with two attached hydrogens (primary N) is 1. The van der Waals surface area contributed by atoms with Gasteiger partial charge in [-0.2, -0.15) is 4.57 Å². The first kappa shape index (κ1) is 22.5. The summed E-state index contributed by atoms with van der Waals surface area (Å²) in [5.74, 6) is -2.12. The normalized spacial score (nSPS) is 20.2. The highest BCUT2D eigenvalue weighted by atomic mass is 32.2. The first-order valence-corrected chi connectivity index (χ1v) is 11.4. The van der Waals surface area contributed by atoms with Crippen molar-refractivity contribution in [1.29, 1.82) is 0 Å². The monoisotopic (exact) mass is 491 g/mol. The molecular weight excluding hydrogens is 472 g/mol. The van der Waals surface area contributed by atoms with E-state index in [-0.39, 0.29) is 34.5 Å². The van der Waals surface area contributed by atoms with Gasteiger partial charge in [0.05, 0.1) is 0 Å². The number of carbonyl (C=O) groups excluding carboxylic acids is 2. The molecule has 0 unspecified atom stereocenters. The van der Waals surface area contributed by atoms with E-state index < -0.39 is 29.2 Å². The first-order valence-electron chi connectivity index (χ1n) is 9.51. The van der Waals surface area contributed by atoms with E-state index >= 15 is 0 Å². The molecule has 2 aliphatic heterocycles. The number of amides is 2. The number of nitrogen functional groups attached to an aromatic ring is 1. The third kappa shape index (κ3) is 4.34. The van der Waals surface area contributed by atoms with Crippen LogP contribution in [-0.4, -0.2) is 67.9 Å². The molecule has 0 saturated carbocycles. The number of carboxylic acid groups (broad SMARTS) is 1. The van der Waals surface area contributed by atoms with Gasteiger partial charge in [-0.25, -0.2) is 9.78 Å². The number of anilines is 1. The second-order valence-electron chi connectivity index (χ2n) is 7.05. The van der Waals surface area contributed by atoms with Crippen molar-refractivity contribution in [2.45, 2.75) is 18.0 Å². The third-order valence-corrected chi connectivity index (χ3v) is 6.93. The predicted octanol–water partition coefficient (Wildman–Crippen LogP) is -0.492. The van der Waals surface area contributed by atoms with Gasteiger partial charge in [0.2, 0.25) is 6.20 Å². The van der Waals surface area contributed by atoms with Crippen LogP contribution in [0, 0.1) is 0 Å². The number of carbonyl (C=O) groups is 3. The number of hydrogen-bond acceptors (Lipinski definition) is 10. The Labute approximate surface area is 195 Å². The van der Waals surface area contributed by atoms with Crippen molar-refractivity contribution in [3.8, 4) is 5.75 Å². The molecule has 14 heteroatoms. The summed E-state index contributed by atoms with van der Waals surface area (Å²) >= 11 is 2.45. The largest absolute Gasteiger partial charge is 0.503 e. The molecule has 0 aromatic carbocycles. The van der Waals surface area contributed by atoms with Gasteiger partial charge in [-0.05, 0) is 6.07 Å². The number of nitrogens with zero attached hydrogens (tertiary/aromatic N) is 4. The van der Waals surface area contributed by atoms with Gasteiger partial charge in [0, 0.05) is 22.8 Å². The molecule has 1 saturated heterocycles. The van der Waals surface area contributed by atoms with Crippen LogP contribution in [0.2, 0.25) is 0 Å². The highest BCUT2D eigenvalue weighted by molar-refractivity contribution is 8.00. The minimum Gasteiger partial charge on any atom is -0.503 e. The van der Waals surface area contributed by atoms with Gasteiger partial charge in [0.1, 0.15) is 29.9 Å². The van der Waals surface area contributed by atoms with E-state index in [1.165, 1.54) is 41.4 Å². The fourth-order valence-corrected chi connectivity index (χ4v) is 5.42. The number of fused-ring (bicyclic) bond motifs is 1. The molecule has 2 aliphatic rings. The molecule has 4 rings (SSSR count). The van der Waals surface area contributed by atoms with Gasteiger partial charge in [-0.1, -0.05) is 5.16 Å². The lowest BCUT2D eigenvalue weighted by Gasteiger charge is -2.49. The smallest absolute Gasteiger partial charge is 0.352 e. The number of thioether (sulfide) groups is 1. The maximum Gasteiger partial charge on any atom is 0.352 e. The number of aromatic nitrogens is 2. The summed E-state index contributed by atoms with van der Waals surface area (Å²) in [6.07, 6.45) is 3.15. The molecule has 5 N–H and O–H groups in total. The van der Waals surface area contributed by atoms with Crippen molar-refractivity contribution in [3.05, 3.63) is 46.9 Å². The Bertz CT molecular complexity index is 1190. The van der Waals surface area contributed by atoms with E-state index in [0.29, 0.717) is 11.3 Å². The van der Waals surface area contributed by atoms with E-state index in [1.807, 2.05) is 0 Å². The lowest BCUT2D eigenvalue weighted by Crippen LogP contribution is -2.71. The number of carboxylic acids is 1. The zero-order chi connectivity index (χ0) is 23.7. The first-order chi connectivity index (χ1) is 15.8. The molecule has 172 valence electrons. The summed E-state index contributed by atoms with van der Waals surface area (Å²) in [5, 5.41) is 26.9. The fraction of sp³-hybridized carbons (Fsp3) is 0.263. The van der Waals surface area contributed by atoms with Crippen LogP contribution in [0.1, 0.15) is 5.69 Å². The summed E-state index contributed by atoms with van der Waals surface area (Å²) in [6.45, 7) is 0.187. The quantitative estimate of drug-likeness (QED) is 0.173. The standard InChI is InChI=1S/C19H18N6O6S2/c1-31-23-12(11-8-33-19(20)21-11)15(27)22-13-16(28)25-14(18(29)30)9(7-32-17(13)25)5-24-4-2-3-10(26)6-24/h2-4,6,8,13,17H,5,7H2,1H3,(H4-,20,21,22,26,27,29,30)/p+1/b23-12-/t13-,17-/m1/s1. The molecule has 0 radical (unpaired) electrons. The van der Waals surface area contributed by atoms with Crippen LogP contribution >= 0.6 is 23.1 Å². The summed E-state index contributed by atoms with van der Waals surface area (Å²) in [4.78, 5) is 47.6. The fourth-order valence-electron chi connectivity index (χ4n) is 3.53. The highest BCUT2D eigenvalue weighted by Gasteiger charge is 2.54. The van der Waals surface area contributed by atoms with E-state index in [9.17, 15) is 24.6 Å². The van der Waals surface area contributed by atoms with E-state index in [1.54, 1.807) is 16.8 Å². The summed E-state index contributed by atoms with van der Waals surface area (Å²) in [5.41, 5.74) is 6.07.